The van der Waals surface area contributed by atoms with Crippen molar-refractivity contribution in [1.82, 2.24) is 4.90 Å². The molecule has 2 N–H and O–H groups in total. The Morgan fingerprint density at radius 3 is 2.35 bits per heavy atom. The van der Waals surface area contributed by atoms with E-state index in [4.69, 9.17) is 14.2 Å². The Balaban J connectivity index is 1.24. The maximum atomic E-state index is 12.4. The molecule has 8 nitrogen and oxygen atoms in total. The number of carboxylic acid groups (broad SMARTS) is 1. The highest BCUT2D eigenvalue weighted by Crippen LogP contribution is 2.31. The van der Waals surface area contributed by atoms with Crippen molar-refractivity contribution in [2.75, 3.05) is 32.9 Å². The Morgan fingerprint density at radius 1 is 1.00 bits per heavy atom. The standard InChI is InChI=1S/C26H31NO7/c28-21(17-32-22-9-7-20(8-10-22)24(29)27-12-1-2-13-27)18-33-23-6-3-5-19(15-23)16-26(25(30)31)11-4-14-34-26/h3,5-10,15,21,28H,1-2,4,11-14,16-18H2,(H,30,31). The van der Waals surface area contributed by atoms with Crippen LogP contribution in [0.4, 0.5) is 0 Å². The summed E-state index contributed by atoms with van der Waals surface area (Å²) in [6, 6.07) is 14.1. The van der Waals surface area contributed by atoms with Crippen LogP contribution in [0.3, 0.4) is 0 Å². The lowest BCUT2D eigenvalue weighted by Crippen LogP contribution is -2.40. The first kappa shape index (κ1) is 24.0. The second kappa shape index (κ2) is 10.9. The smallest absolute Gasteiger partial charge is 0.336 e. The van der Waals surface area contributed by atoms with Crippen molar-refractivity contribution < 1.29 is 34.0 Å². The molecule has 2 atom stereocenters. The molecule has 1 amide bonds. The highest BCUT2D eigenvalue weighted by atomic mass is 16.5. The lowest BCUT2D eigenvalue weighted by Gasteiger charge is -2.23. The van der Waals surface area contributed by atoms with Gasteiger partial charge >= 0.3 is 5.97 Å². The number of carboxylic acids is 1. The molecular weight excluding hydrogens is 438 g/mol. The number of rotatable bonds is 10. The minimum Gasteiger partial charge on any atom is -0.491 e. The molecule has 2 aliphatic heterocycles. The van der Waals surface area contributed by atoms with E-state index in [2.05, 4.69) is 0 Å². The summed E-state index contributed by atoms with van der Waals surface area (Å²) in [5, 5.41) is 19.9. The number of amides is 1. The van der Waals surface area contributed by atoms with Crippen molar-refractivity contribution in [3.8, 4) is 11.5 Å². The summed E-state index contributed by atoms with van der Waals surface area (Å²) in [5.41, 5.74) is 0.252. The highest BCUT2D eigenvalue weighted by Gasteiger charge is 2.42. The zero-order chi connectivity index (χ0) is 24.0. The third-order valence-corrected chi connectivity index (χ3v) is 6.26. The number of benzene rings is 2. The lowest BCUT2D eigenvalue weighted by molar-refractivity contribution is -0.159. The van der Waals surface area contributed by atoms with Gasteiger partial charge in [-0.05, 0) is 67.6 Å². The van der Waals surface area contributed by atoms with Gasteiger partial charge in [0.05, 0.1) is 0 Å². The topological polar surface area (TPSA) is 106 Å². The van der Waals surface area contributed by atoms with Gasteiger partial charge in [0.1, 0.15) is 30.8 Å². The Labute approximate surface area is 199 Å². The molecule has 0 spiro atoms. The van der Waals surface area contributed by atoms with E-state index in [9.17, 15) is 19.8 Å². The summed E-state index contributed by atoms with van der Waals surface area (Å²) in [7, 11) is 0. The van der Waals surface area contributed by atoms with Crippen molar-refractivity contribution >= 4 is 11.9 Å². The van der Waals surface area contributed by atoms with Gasteiger partial charge in [-0.2, -0.15) is 0 Å². The fourth-order valence-corrected chi connectivity index (χ4v) is 4.39. The second-order valence-corrected chi connectivity index (χ2v) is 8.88. The molecule has 8 heteroatoms. The Hall–Kier alpha value is -3.10. The molecule has 0 saturated carbocycles. The zero-order valence-corrected chi connectivity index (χ0v) is 19.2. The summed E-state index contributed by atoms with van der Waals surface area (Å²) in [5.74, 6) is 0.195. The Morgan fingerprint density at radius 2 is 1.71 bits per heavy atom. The van der Waals surface area contributed by atoms with Gasteiger partial charge < -0.3 is 29.3 Å². The third-order valence-electron chi connectivity index (χ3n) is 6.26. The quantitative estimate of drug-likeness (QED) is 0.551. The van der Waals surface area contributed by atoms with E-state index in [1.165, 1.54) is 0 Å². The summed E-state index contributed by atoms with van der Waals surface area (Å²) < 4.78 is 16.9. The van der Waals surface area contributed by atoms with Crippen molar-refractivity contribution in [3.63, 3.8) is 0 Å². The van der Waals surface area contributed by atoms with Crippen LogP contribution in [0.2, 0.25) is 0 Å². The molecule has 2 aromatic carbocycles. The molecule has 2 heterocycles. The van der Waals surface area contributed by atoms with Crippen molar-refractivity contribution in [2.45, 2.75) is 43.8 Å². The molecule has 0 radical (unpaired) electrons. The maximum absolute atomic E-state index is 12.4. The van der Waals surface area contributed by atoms with Crippen LogP contribution in [0.1, 0.15) is 41.6 Å². The van der Waals surface area contributed by atoms with Crippen LogP contribution in [0.5, 0.6) is 11.5 Å². The van der Waals surface area contributed by atoms with Gasteiger partial charge in [-0.3, -0.25) is 4.79 Å². The molecule has 4 rings (SSSR count). The number of hydrogen-bond donors (Lipinski definition) is 2. The Kier molecular flexibility index (Phi) is 7.70. The third kappa shape index (κ3) is 5.87. The molecule has 2 fully saturated rings. The van der Waals surface area contributed by atoms with E-state index in [1.807, 2.05) is 11.0 Å². The van der Waals surface area contributed by atoms with Gasteiger partial charge in [-0.15, -0.1) is 0 Å². The van der Waals surface area contributed by atoms with Gasteiger partial charge in [0, 0.05) is 31.7 Å². The molecule has 0 aromatic heterocycles. The van der Waals surface area contributed by atoms with Gasteiger partial charge in [0.15, 0.2) is 5.60 Å². The van der Waals surface area contributed by atoms with Crippen molar-refractivity contribution in [3.05, 3.63) is 59.7 Å². The first-order valence-corrected chi connectivity index (χ1v) is 11.7. The first-order chi connectivity index (χ1) is 16.4. The molecule has 2 unspecified atom stereocenters. The number of hydrogen-bond acceptors (Lipinski definition) is 6. The average Bonchev–Trinajstić information content (AvgIpc) is 3.55. The van der Waals surface area contributed by atoms with E-state index >= 15 is 0 Å². The number of aliphatic carboxylic acids is 1. The van der Waals surface area contributed by atoms with Gasteiger partial charge in [-0.1, -0.05) is 12.1 Å². The van der Waals surface area contributed by atoms with Crippen LogP contribution in [0, 0.1) is 0 Å². The van der Waals surface area contributed by atoms with Gasteiger partial charge in [0.2, 0.25) is 0 Å². The van der Waals surface area contributed by atoms with Crippen LogP contribution in [-0.4, -0.2) is 71.6 Å². The predicted octanol–water partition coefficient (Wildman–Crippen LogP) is 2.92. The van der Waals surface area contributed by atoms with Crippen LogP contribution >= 0.6 is 0 Å². The van der Waals surface area contributed by atoms with Gasteiger partial charge in [0.25, 0.3) is 5.91 Å². The number of aliphatic hydroxyl groups is 1. The minimum atomic E-state index is -1.18. The molecule has 2 aromatic rings. The van der Waals surface area contributed by atoms with E-state index in [-0.39, 0.29) is 25.5 Å². The normalized spacial score (nSPS) is 20.8. The molecule has 0 bridgehead atoms. The number of nitrogens with zero attached hydrogens (tertiary/aromatic N) is 1. The number of aliphatic hydroxyl groups excluding tert-OH is 1. The second-order valence-electron chi connectivity index (χ2n) is 8.88. The van der Waals surface area contributed by atoms with E-state index in [0.29, 0.717) is 30.1 Å². The molecule has 34 heavy (non-hydrogen) atoms. The summed E-state index contributed by atoms with van der Waals surface area (Å²) in [4.78, 5) is 26.0. The van der Waals surface area contributed by atoms with Crippen LogP contribution in [-0.2, 0) is 16.0 Å². The summed E-state index contributed by atoms with van der Waals surface area (Å²) in [6.45, 7) is 2.12. The van der Waals surface area contributed by atoms with Crippen molar-refractivity contribution in [1.29, 1.82) is 0 Å². The zero-order valence-electron chi connectivity index (χ0n) is 19.2. The summed E-state index contributed by atoms with van der Waals surface area (Å²) in [6.07, 6.45) is 2.71. The van der Waals surface area contributed by atoms with Crippen LogP contribution < -0.4 is 9.47 Å². The highest BCUT2D eigenvalue weighted by molar-refractivity contribution is 5.94. The predicted molar refractivity (Wildman–Crippen MR) is 124 cm³/mol. The Bertz CT molecular complexity index is 979. The summed E-state index contributed by atoms with van der Waals surface area (Å²) >= 11 is 0. The monoisotopic (exact) mass is 469 g/mol. The SMILES string of the molecule is O=C(c1ccc(OCC(O)COc2cccc(CC3(C(=O)O)CCCO3)c2)cc1)N1CCCC1. The van der Waals surface area contributed by atoms with E-state index in [0.717, 1.165) is 37.9 Å². The first-order valence-electron chi connectivity index (χ1n) is 11.7. The molecule has 2 saturated heterocycles. The van der Waals surface area contributed by atoms with E-state index in [1.54, 1.807) is 42.5 Å². The number of likely N-dealkylation sites (tertiary alicyclic amines) is 1. The maximum Gasteiger partial charge on any atom is 0.336 e. The van der Waals surface area contributed by atoms with Crippen LogP contribution in [0.25, 0.3) is 0 Å². The molecular formula is C26H31NO7. The minimum absolute atomic E-state index is 0.0234. The fraction of sp³-hybridized carbons (Fsp3) is 0.462. The van der Waals surface area contributed by atoms with Gasteiger partial charge in [-0.25, -0.2) is 4.79 Å². The largest absolute Gasteiger partial charge is 0.491 e. The molecule has 2 aliphatic rings. The number of carbonyl (C=O) groups excluding carboxylic acids is 1. The number of carbonyl (C=O) groups is 2. The number of ether oxygens (including phenoxy) is 3. The fourth-order valence-electron chi connectivity index (χ4n) is 4.39. The molecule has 0 aliphatic carbocycles. The average molecular weight is 470 g/mol. The van der Waals surface area contributed by atoms with Crippen molar-refractivity contribution in [2.24, 2.45) is 0 Å². The van der Waals surface area contributed by atoms with Crippen LogP contribution in [0.15, 0.2) is 48.5 Å². The van der Waals surface area contributed by atoms with E-state index < -0.39 is 17.7 Å². The lowest BCUT2D eigenvalue weighted by atomic mass is 9.91. The molecule has 182 valence electrons.